The Kier molecular flexibility index (Phi) is 8.51. The minimum atomic E-state index is -1.04. The summed E-state index contributed by atoms with van der Waals surface area (Å²) in [6.07, 6.45) is 5.65. The zero-order valence-electron chi connectivity index (χ0n) is 23.1. The lowest BCUT2D eigenvalue weighted by molar-refractivity contribution is -0.120. The van der Waals surface area contributed by atoms with Crippen LogP contribution in [0.2, 0.25) is 0 Å². The molecule has 1 saturated carbocycles. The van der Waals surface area contributed by atoms with Crippen molar-refractivity contribution in [2.75, 3.05) is 11.1 Å². The number of ether oxygens (including phenoxy) is 2. The molecule has 0 saturated heterocycles. The normalized spacial score (nSPS) is 15.6. The minimum Gasteiger partial charge on any atom is -0.489 e. The predicted molar refractivity (Wildman–Crippen MR) is 155 cm³/mol. The first-order valence-corrected chi connectivity index (χ1v) is 13.2. The van der Waals surface area contributed by atoms with Crippen molar-refractivity contribution < 1.29 is 23.0 Å². The van der Waals surface area contributed by atoms with Crippen LogP contribution in [0.4, 0.5) is 20.4 Å². The fourth-order valence-corrected chi connectivity index (χ4v) is 4.38. The van der Waals surface area contributed by atoms with Gasteiger partial charge in [-0.05, 0) is 44.0 Å². The molecule has 5 rings (SSSR count). The van der Waals surface area contributed by atoms with Gasteiger partial charge in [-0.25, -0.2) is 28.7 Å². The van der Waals surface area contributed by atoms with Crippen LogP contribution in [0.3, 0.4) is 0 Å². The van der Waals surface area contributed by atoms with Crippen molar-refractivity contribution in [3.8, 4) is 17.2 Å². The zero-order valence-corrected chi connectivity index (χ0v) is 23.1. The van der Waals surface area contributed by atoms with Gasteiger partial charge in [-0.3, -0.25) is 10.2 Å². The molecular weight excluding hydrogens is 558 g/mol. The molecule has 43 heavy (non-hydrogen) atoms. The maximum atomic E-state index is 14.3. The molecule has 2 aromatic carbocycles. The Morgan fingerprint density at radius 3 is 2.44 bits per heavy atom. The number of aryl methyl sites for hydroxylation is 1. The van der Waals surface area contributed by atoms with Gasteiger partial charge >= 0.3 is 0 Å². The number of halogens is 2. The van der Waals surface area contributed by atoms with Gasteiger partial charge < -0.3 is 25.8 Å². The molecule has 5 N–H and O–H groups in total. The van der Waals surface area contributed by atoms with Crippen LogP contribution < -0.4 is 25.8 Å². The maximum Gasteiger partial charge on any atom is 0.279 e. The van der Waals surface area contributed by atoms with Crippen LogP contribution >= 0.6 is 0 Å². The van der Waals surface area contributed by atoms with Crippen molar-refractivity contribution in [3.63, 3.8) is 0 Å². The monoisotopic (exact) mass is 586 g/mol. The number of hydrogen-bond donors (Lipinski definition) is 4. The van der Waals surface area contributed by atoms with E-state index in [1.807, 2.05) is 0 Å². The number of nitrogen functional groups attached to an aromatic ring is 1. The predicted octanol–water partition coefficient (Wildman–Crippen LogP) is 4.63. The van der Waals surface area contributed by atoms with Crippen molar-refractivity contribution in [3.05, 3.63) is 102 Å². The molecule has 0 radical (unpaired) electrons. The Hall–Kier alpha value is -5.46. The van der Waals surface area contributed by atoms with Crippen LogP contribution in [0.15, 0.2) is 73.6 Å². The number of nitrogens with zero attached hydrogens (tertiary/aromatic N) is 4. The summed E-state index contributed by atoms with van der Waals surface area (Å²) in [7, 11) is 0. The number of nitrogens with one attached hydrogen (secondary N) is 3. The van der Waals surface area contributed by atoms with Gasteiger partial charge in [0.25, 0.3) is 5.91 Å². The lowest BCUT2D eigenvalue weighted by Gasteiger charge is -2.36. The quantitative estimate of drug-likeness (QED) is 0.145. The molecule has 0 bridgehead atoms. The average Bonchev–Trinajstić information content (AvgIpc) is 2.95. The van der Waals surface area contributed by atoms with E-state index in [2.05, 4.69) is 37.1 Å². The highest BCUT2D eigenvalue weighted by atomic mass is 19.1. The van der Waals surface area contributed by atoms with Crippen molar-refractivity contribution >= 4 is 23.3 Å². The van der Waals surface area contributed by atoms with E-state index in [4.69, 9.17) is 20.6 Å². The van der Waals surface area contributed by atoms with E-state index in [0.29, 0.717) is 41.4 Å². The average molecular weight is 587 g/mol. The fourth-order valence-electron chi connectivity index (χ4n) is 4.38. The number of rotatable bonds is 11. The van der Waals surface area contributed by atoms with Crippen LogP contribution in [0, 0.1) is 18.2 Å². The smallest absolute Gasteiger partial charge is 0.279 e. The van der Waals surface area contributed by atoms with Gasteiger partial charge in [0.2, 0.25) is 0 Å². The van der Waals surface area contributed by atoms with Gasteiger partial charge in [-0.1, -0.05) is 6.58 Å². The van der Waals surface area contributed by atoms with Crippen LogP contribution in [0.25, 0.3) is 0 Å². The Morgan fingerprint density at radius 2 is 1.74 bits per heavy atom. The molecule has 0 aliphatic heterocycles. The number of aromatic nitrogens is 4. The second kappa shape index (κ2) is 12.6. The molecule has 0 atom stereocenters. The molecular formula is C30H28F2N8O3. The van der Waals surface area contributed by atoms with Crippen molar-refractivity contribution in [1.29, 1.82) is 5.41 Å². The summed E-state index contributed by atoms with van der Waals surface area (Å²) in [6.45, 7) is 4.94. The first-order chi connectivity index (χ1) is 20.6. The highest BCUT2D eigenvalue weighted by Crippen LogP contribution is 2.30. The van der Waals surface area contributed by atoms with Gasteiger partial charge in [0, 0.05) is 53.8 Å². The third-order valence-electron chi connectivity index (χ3n) is 6.65. The minimum absolute atomic E-state index is 0.0693. The Bertz CT molecular complexity index is 1660. The Balaban J connectivity index is 1.23. The molecule has 4 aromatic rings. The highest BCUT2D eigenvalue weighted by molar-refractivity contribution is 6.16. The molecule has 1 aliphatic carbocycles. The van der Waals surface area contributed by atoms with Crippen molar-refractivity contribution in [2.24, 2.45) is 0 Å². The lowest BCUT2D eigenvalue weighted by atomic mass is 9.86. The molecule has 13 heteroatoms. The van der Waals surface area contributed by atoms with Gasteiger partial charge in [0.05, 0.1) is 11.3 Å². The topological polar surface area (TPSA) is 161 Å². The van der Waals surface area contributed by atoms with Crippen molar-refractivity contribution in [1.82, 2.24) is 25.3 Å². The van der Waals surface area contributed by atoms with Crippen LogP contribution in [0.1, 0.15) is 35.4 Å². The van der Waals surface area contributed by atoms with Gasteiger partial charge in [0.1, 0.15) is 53.5 Å². The summed E-state index contributed by atoms with van der Waals surface area (Å²) in [5.74, 6) is -0.346. The molecule has 11 nitrogen and oxygen atoms in total. The first-order valence-electron chi connectivity index (χ1n) is 13.2. The molecule has 0 unspecified atom stereocenters. The second-order valence-corrected chi connectivity index (χ2v) is 9.92. The number of nitrogens with two attached hydrogens (primary N) is 1. The first kappa shape index (κ1) is 29.0. The number of carbonyl (C=O) groups is 1. The molecule has 220 valence electrons. The summed E-state index contributed by atoms with van der Waals surface area (Å²) in [5.41, 5.74) is 7.77. The summed E-state index contributed by atoms with van der Waals surface area (Å²) in [5, 5.41) is 14.6. The molecule has 2 heterocycles. The number of amides is 1. The van der Waals surface area contributed by atoms with E-state index < -0.39 is 17.6 Å². The number of anilines is 2. The molecule has 2 aromatic heterocycles. The molecule has 1 fully saturated rings. The maximum absolute atomic E-state index is 14.3. The van der Waals surface area contributed by atoms with Gasteiger partial charge in [-0.2, -0.15) is 0 Å². The van der Waals surface area contributed by atoms with Crippen molar-refractivity contribution in [2.45, 2.75) is 38.5 Å². The summed E-state index contributed by atoms with van der Waals surface area (Å²) in [4.78, 5) is 28.0. The van der Waals surface area contributed by atoms with Crippen LogP contribution in [0.5, 0.6) is 17.2 Å². The number of carbonyl (C=O) groups excluding carboxylic acids is 1. The lowest BCUT2D eigenvalue weighted by Crippen LogP contribution is -2.50. The molecule has 1 aliphatic rings. The fraction of sp³-hybridized carbons (Fsp3) is 0.200. The highest BCUT2D eigenvalue weighted by Gasteiger charge is 2.32. The Morgan fingerprint density at radius 1 is 1.05 bits per heavy atom. The van der Waals surface area contributed by atoms with Crippen LogP contribution in [-0.2, 0) is 11.4 Å². The van der Waals surface area contributed by atoms with E-state index in [1.54, 1.807) is 49.6 Å². The van der Waals surface area contributed by atoms with Gasteiger partial charge in [-0.15, -0.1) is 0 Å². The molecule has 0 spiro atoms. The summed E-state index contributed by atoms with van der Waals surface area (Å²) < 4.78 is 38.8. The van der Waals surface area contributed by atoms with E-state index in [-0.39, 0.29) is 41.7 Å². The van der Waals surface area contributed by atoms with E-state index in [9.17, 15) is 13.6 Å². The standard InChI is InChI=1S/C30H28F2N8O3/c1-16(31)30(41)40-22-9-21(10-22)39-29-26(28(34)37-15-38-29)27(33)19-3-5-23(6-4-19)43-25-8-20(32)7-24(11-25)42-14-18-12-35-17(2)36-13-18/h3-8,11-13,15,21-22,33H,1,9-10,14H2,2H3,(H,40,41)(H3,34,37,38,39). The molecule has 1 amide bonds. The van der Waals surface area contributed by atoms with E-state index in [1.165, 1.54) is 18.5 Å². The van der Waals surface area contributed by atoms with E-state index in [0.717, 1.165) is 5.56 Å². The zero-order chi connectivity index (χ0) is 30.5. The largest absolute Gasteiger partial charge is 0.489 e. The summed E-state index contributed by atoms with van der Waals surface area (Å²) in [6, 6.07) is 10.4. The third kappa shape index (κ3) is 7.25. The number of benzene rings is 2. The Labute approximate surface area is 245 Å². The van der Waals surface area contributed by atoms with Gasteiger partial charge in [0.15, 0.2) is 5.83 Å². The van der Waals surface area contributed by atoms with Crippen LogP contribution in [-0.4, -0.2) is 43.6 Å². The SMILES string of the molecule is C=C(F)C(=O)NC1CC(Nc2ncnc(N)c2C(=N)c2ccc(Oc3cc(F)cc(OCc4cnc(C)nc4)c3)cc2)C1. The number of hydrogen-bond acceptors (Lipinski definition) is 10. The van der Waals surface area contributed by atoms with E-state index >= 15 is 0 Å². The summed E-state index contributed by atoms with van der Waals surface area (Å²) >= 11 is 0. The second-order valence-electron chi connectivity index (χ2n) is 9.92. The third-order valence-corrected chi connectivity index (χ3v) is 6.65.